The van der Waals surface area contributed by atoms with Crippen molar-refractivity contribution < 1.29 is 14.6 Å². The summed E-state index contributed by atoms with van der Waals surface area (Å²) in [5, 5.41) is 9.04. The third kappa shape index (κ3) is 4.47. The van der Waals surface area contributed by atoms with E-state index in [0.29, 0.717) is 13.2 Å². The van der Waals surface area contributed by atoms with Crippen molar-refractivity contribution in [2.24, 2.45) is 5.92 Å². The molecule has 1 atom stereocenters. The molecule has 4 nitrogen and oxygen atoms in total. The van der Waals surface area contributed by atoms with Crippen molar-refractivity contribution >= 4 is 12.0 Å². The molecule has 108 valence electrons. The number of carbonyl (C=O) groups is 1. The van der Waals surface area contributed by atoms with Crippen LogP contribution in [0.5, 0.6) is 0 Å². The number of carbonyl (C=O) groups excluding carboxylic acids is 1. The van der Waals surface area contributed by atoms with Gasteiger partial charge in [-0.1, -0.05) is 42.5 Å². The number of hydrogen-bond acceptors (Lipinski definition) is 3. The van der Waals surface area contributed by atoms with Gasteiger partial charge >= 0.3 is 0 Å². The van der Waals surface area contributed by atoms with Crippen molar-refractivity contribution in [3.8, 4) is 0 Å². The van der Waals surface area contributed by atoms with E-state index in [-0.39, 0.29) is 25.0 Å². The number of rotatable bonds is 6. The molecule has 1 unspecified atom stereocenters. The second kappa shape index (κ2) is 7.82. The molecule has 1 saturated heterocycles. The summed E-state index contributed by atoms with van der Waals surface area (Å²) in [6.07, 6.45) is 4.77. The molecule has 1 heterocycles. The lowest BCUT2D eigenvalue weighted by Gasteiger charge is -2.15. The fraction of sp³-hybridized carbons (Fsp3) is 0.438. The highest BCUT2D eigenvalue weighted by atomic mass is 16.5. The van der Waals surface area contributed by atoms with Crippen molar-refractivity contribution in [2.75, 3.05) is 32.9 Å². The molecule has 1 aromatic rings. The summed E-state index contributed by atoms with van der Waals surface area (Å²) in [6, 6.07) is 9.97. The quantitative estimate of drug-likeness (QED) is 0.802. The number of ether oxygens (including phenoxy) is 1. The first-order chi connectivity index (χ1) is 9.79. The van der Waals surface area contributed by atoms with E-state index in [4.69, 9.17) is 9.84 Å². The van der Waals surface area contributed by atoms with Gasteiger partial charge < -0.3 is 14.7 Å². The van der Waals surface area contributed by atoms with E-state index in [2.05, 4.69) is 0 Å². The van der Waals surface area contributed by atoms with Crippen molar-refractivity contribution in [3.05, 3.63) is 42.0 Å². The van der Waals surface area contributed by atoms with E-state index in [1.54, 1.807) is 4.90 Å². The molecule has 1 amide bonds. The van der Waals surface area contributed by atoms with Gasteiger partial charge in [0, 0.05) is 25.6 Å². The summed E-state index contributed by atoms with van der Waals surface area (Å²) in [5.74, 6) is 0.242. The van der Waals surface area contributed by atoms with Crippen LogP contribution in [-0.4, -0.2) is 48.8 Å². The first-order valence-electron chi connectivity index (χ1n) is 6.97. The van der Waals surface area contributed by atoms with Crippen LogP contribution >= 0.6 is 0 Å². The third-order valence-electron chi connectivity index (χ3n) is 3.45. The fourth-order valence-corrected chi connectivity index (χ4v) is 2.26. The molecule has 20 heavy (non-hydrogen) atoms. The molecule has 0 aliphatic carbocycles. The van der Waals surface area contributed by atoms with Crippen LogP contribution in [0.4, 0.5) is 0 Å². The molecule has 4 heteroatoms. The van der Waals surface area contributed by atoms with Crippen molar-refractivity contribution in [3.63, 3.8) is 0 Å². The van der Waals surface area contributed by atoms with Gasteiger partial charge in [-0.15, -0.1) is 0 Å². The van der Waals surface area contributed by atoms with Crippen LogP contribution in [0.2, 0.25) is 0 Å². The Morgan fingerprint density at radius 1 is 1.40 bits per heavy atom. The average Bonchev–Trinajstić information content (AvgIpc) is 2.97. The fourth-order valence-electron chi connectivity index (χ4n) is 2.26. The molecule has 2 rings (SSSR count). The van der Waals surface area contributed by atoms with E-state index in [9.17, 15) is 4.79 Å². The summed E-state index contributed by atoms with van der Waals surface area (Å²) < 4.78 is 5.36. The first-order valence-corrected chi connectivity index (χ1v) is 6.97. The van der Waals surface area contributed by atoms with Gasteiger partial charge in [0.15, 0.2) is 0 Å². The Morgan fingerprint density at radius 2 is 2.20 bits per heavy atom. The van der Waals surface area contributed by atoms with Crippen molar-refractivity contribution in [1.29, 1.82) is 0 Å². The molecule has 1 aromatic carbocycles. The second-order valence-corrected chi connectivity index (χ2v) is 5.01. The zero-order valence-electron chi connectivity index (χ0n) is 11.6. The number of likely N-dealkylation sites (tertiary alicyclic amines) is 1. The lowest BCUT2D eigenvalue weighted by Crippen LogP contribution is -2.32. The highest BCUT2D eigenvalue weighted by Crippen LogP contribution is 2.15. The molecule has 1 aliphatic heterocycles. The Bertz CT molecular complexity index is 444. The van der Waals surface area contributed by atoms with Gasteiger partial charge in [0.1, 0.15) is 6.61 Å². The number of aliphatic hydroxyl groups is 1. The van der Waals surface area contributed by atoms with Crippen LogP contribution in [0.15, 0.2) is 36.4 Å². The normalized spacial score (nSPS) is 18.9. The summed E-state index contributed by atoms with van der Waals surface area (Å²) in [6.45, 7) is 2.07. The highest BCUT2D eigenvalue weighted by Gasteiger charge is 2.25. The van der Waals surface area contributed by atoms with Gasteiger partial charge in [0.2, 0.25) is 5.91 Å². The molecule has 0 bridgehead atoms. The summed E-state index contributed by atoms with van der Waals surface area (Å²) in [7, 11) is 0. The Hall–Kier alpha value is -1.65. The minimum absolute atomic E-state index is 0.00839. The highest BCUT2D eigenvalue weighted by molar-refractivity contribution is 5.77. The SMILES string of the molecule is O=C(COC/C=C/c1ccccc1)N1CCC(CO)C1. The number of aliphatic hydroxyl groups excluding tert-OH is 1. The zero-order chi connectivity index (χ0) is 14.2. The zero-order valence-corrected chi connectivity index (χ0v) is 11.6. The van der Waals surface area contributed by atoms with Gasteiger partial charge in [0.25, 0.3) is 0 Å². The monoisotopic (exact) mass is 275 g/mol. The molecule has 1 N–H and O–H groups in total. The topological polar surface area (TPSA) is 49.8 Å². The molecular formula is C16H21NO3. The van der Waals surface area contributed by atoms with Gasteiger partial charge in [-0.05, 0) is 12.0 Å². The van der Waals surface area contributed by atoms with Crippen LogP contribution in [0, 0.1) is 5.92 Å². The largest absolute Gasteiger partial charge is 0.396 e. The average molecular weight is 275 g/mol. The van der Waals surface area contributed by atoms with Gasteiger partial charge in [0.05, 0.1) is 6.61 Å². The number of hydrogen-bond donors (Lipinski definition) is 1. The van der Waals surface area contributed by atoms with Gasteiger partial charge in [-0.3, -0.25) is 4.79 Å². The number of nitrogens with zero attached hydrogens (tertiary/aromatic N) is 1. The Morgan fingerprint density at radius 3 is 2.90 bits per heavy atom. The standard InChI is InChI=1S/C16H21NO3/c18-12-15-8-9-17(11-15)16(19)13-20-10-4-7-14-5-2-1-3-6-14/h1-7,15,18H,8-13H2/b7-4+. The second-order valence-electron chi connectivity index (χ2n) is 5.01. The molecule has 0 radical (unpaired) electrons. The minimum atomic E-state index is 0.00839. The molecule has 0 spiro atoms. The maximum absolute atomic E-state index is 11.8. The van der Waals surface area contributed by atoms with Crippen LogP contribution in [0.1, 0.15) is 12.0 Å². The van der Waals surface area contributed by atoms with E-state index in [1.807, 2.05) is 42.5 Å². The van der Waals surface area contributed by atoms with Crippen LogP contribution in [0.25, 0.3) is 6.08 Å². The number of amides is 1. The van der Waals surface area contributed by atoms with Crippen molar-refractivity contribution in [2.45, 2.75) is 6.42 Å². The van der Waals surface area contributed by atoms with E-state index in [0.717, 1.165) is 18.5 Å². The molecular weight excluding hydrogens is 254 g/mol. The lowest BCUT2D eigenvalue weighted by atomic mass is 10.1. The van der Waals surface area contributed by atoms with Gasteiger partial charge in [-0.25, -0.2) is 0 Å². The summed E-state index contributed by atoms with van der Waals surface area (Å²) >= 11 is 0. The molecule has 1 fully saturated rings. The van der Waals surface area contributed by atoms with Gasteiger partial charge in [-0.2, -0.15) is 0 Å². The van der Waals surface area contributed by atoms with E-state index >= 15 is 0 Å². The van der Waals surface area contributed by atoms with E-state index < -0.39 is 0 Å². The van der Waals surface area contributed by atoms with E-state index in [1.165, 1.54) is 0 Å². The molecule has 1 aliphatic rings. The minimum Gasteiger partial charge on any atom is -0.396 e. The summed E-state index contributed by atoms with van der Waals surface area (Å²) in [4.78, 5) is 13.6. The first kappa shape index (κ1) is 14.8. The van der Waals surface area contributed by atoms with Crippen molar-refractivity contribution in [1.82, 2.24) is 4.90 Å². The third-order valence-corrected chi connectivity index (χ3v) is 3.45. The Kier molecular flexibility index (Phi) is 5.77. The van der Waals surface area contributed by atoms with Crippen LogP contribution in [0.3, 0.4) is 0 Å². The maximum Gasteiger partial charge on any atom is 0.248 e. The molecule has 0 saturated carbocycles. The number of benzene rings is 1. The molecule has 0 aromatic heterocycles. The van der Waals surface area contributed by atoms with Crippen LogP contribution in [-0.2, 0) is 9.53 Å². The Labute approximate surface area is 119 Å². The predicted octanol–water partition coefficient (Wildman–Crippen LogP) is 1.56. The smallest absolute Gasteiger partial charge is 0.248 e. The predicted molar refractivity (Wildman–Crippen MR) is 78.1 cm³/mol. The summed E-state index contributed by atoms with van der Waals surface area (Å²) in [5.41, 5.74) is 1.12. The lowest BCUT2D eigenvalue weighted by molar-refractivity contribution is -0.134. The Balaban J connectivity index is 1.64. The van der Waals surface area contributed by atoms with Crippen LogP contribution < -0.4 is 0 Å². The maximum atomic E-state index is 11.8.